The lowest BCUT2D eigenvalue weighted by Gasteiger charge is -2.32. The normalized spacial score (nSPS) is 20.5. The van der Waals surface area contributed by atoms with E-state index >= 15 is 0 Å². The van der Waals surface area contributed by atoms with Gasteiger partial charge in [0.25, 0.3) is 11.9 Å². The van der Waals surface area contributed by atoms with Gasteiger partial charge in [0.05, 0.1) is 22.3 Å². The van der Waals surface area contributed by atoms with Crippen LogP contribution in [0.2, 0.25) is 0 Å². The predicted octanol–water partition coefficient (Wildman–Crippen LogP) is 4.88. The molecule has 0 N–H and O–H groups in total. The summed E-state index contributed by atoms with van der Waals surface area (Å²) in [5.41, 5.74) is -1.58. The second-order valence-corrected chi connectivity index (χ2v) is 9.63. The minimum Gasteiger partial charge on any atom is -0.459 e. The number of carbonyl (C=O) groups excluding carboxylic acids is 4. The summed E-state index contributed by atoms with van der Waals surface area (Å²) in [4.78, 5) is 52.7. The van der Waals surface area contributed by atoms with Gasteiger partial charge in [-0.25, -0.2) is 19.2 Å². The first kappa shape index (κ1) is 29.8. The number of benzene rings is 4. The van der Waals surface area contributed by atoms with Crippen molar-refractivity contribution in [2.24, 2.45) is 0 Å². The standard InChI is InChI=1S/C35H26O9/c1-2-35(44-33(39)27-21-13-6-14-22-27)29(42-31(37)25-17-9-4-10-18-25)28(23-40-30(36)24-15-7-3-8-16-24)41-34(35)43-32(38)26-19-11-5-12-20-26/h1,3-22,28-29,34H,23H2/t28-,29-,34+,35-/m1/s1. The first-order chi connectivity index (χ1) is 21.4. The van der Waals surface area contributed by atoms with E-state index in [1.54, 1.807) is 84.9 Å². The van der Waals surface area contributed by atoms with Crippen LogP contribution in [0.15, 0.2) is 121 Å². The number of hydrogen-bond donors (Lipinski definition) is 0. The summed E-state index contributed by atoms with van der Waals surface area (Å²) in [6.07, 6.45) is 1.36. The van der Waals surface area contributed by atoms with Crippen LogP contribution in [0, 0.1) is 12.3 Å². The van der Waals surface area contributed by atoms with E-state index in [0.717, 1.165) is 0 Å². The Balaban J connectivity index is 1.52. The maximum Gasteiger partial charge on any atom is 0.340 e. The van der Waals surface area contributed by atoms with Gasteiger partial charge in [-0.3, -0.25) is 0 Å². The van der Waals surface area contributed by atoms with E-state index in [0.29, 0.717) is 0 Å². The molecule has 220 valence electrons. The highest BCUT2D eigenvalue weighted by Gasteiger charge is 2.64. The van der Waals surface area contributed by atoms with Gasteiger partial charge in [0.1, 0.15) is 12.7 Å². The molecule has 1 saturated heterocycles. The third-order valence-electron chi connectivity index (χ3n) is 6.76. The van der Waals surface area contributed by atoms with Crippen molar-refractivity contribution in [3.05, 3.63) is 144 Å². The molecule has 0 spiro atoms. The van der Waals surface area contributed by atoms with E-state index in [-0.39, 0.29) is 22.3 Å². The van der Waals surface area contributed by atoms with Crippen LogP contribution in [0.3, 0.4) is 0 Å². The zero-order chi connectivity index (χ0) is 30.9. The fourth-order valence-corrected chi connectivity index (χ4v) is 4.53. The molecule has 44 heavy (non-hydrogen) atoms. The summed E-state index contributed by atoms with van der Waals surface area (Å²) >= 11 is 0. The second-order valence-electron chi connectivity index (χ2n) is 9.63. The molecule has 0 bridgehead atoms. The van der Waals surface area contributed by atoms with E-state index in [4.69, 9.17) is 30.1 Å². The SMILES string of the molecule is C#C[C@]1(OC(=O)c2ccccc2)[C@H](OC(=O)c2ccccc2)O[C@H](COC(=O)c2ccccc2)[C@H]1OC(=O)c1ccccc1. The molecule has 0 aromatic heterocycles. The summed E-state index contributed by atoms with van der Waals surface area (Å²) in [6, 6.07) is 32.1. The Morgan fingerprint density at radius 3 is 1.48 bits per heavy atom. The lowest BCUT2D eigenvalue weighted by molar-refractivity contribution is -0.161. The van der Waals surface area contributed by atoms with Crippen LogP contribution in [-0.4, -0.2) is 54.6 Å². The topological polar surface area (TPSA) is 114 Å². The quantitative estimate of drug-likeness (QED) is 0.153. The fraction of sp³-hybridized carbons (Fsp3) is 0.143. The average Bonchev–Trinajstić information content (AvgIpc) is 3.35. The van der Waals surface area contributed by atoms with Gasteiger partial charge in [0, 0.05) is 0 Å². The maximum atomic E-state index is 13.4. The van der Waals surface area contributed by atoms with Crippen molar-refractivity contribution in [1.29, 1.82) is 0 Å². The van der Waals surface area contributed by atoms with Crippen LogP contribution in [0.1, 0.15) is 41.4 Å². The molecule has 9 heteroatoms. The van der Waals surface area contributed by atoms with Gasteiger partial charge in [-0.05, 0) is 54.5 Å². The van der Waals surface area contributed by atoms with Crippen molar-refractivity contribution in [2.75, 3.05) is 6.61 Å². The summed E-state index contributed by atoms with van der Waals surface area (Å²) in [6.45, 7) is -0.494. The van der Waals surface area contributed by atoms with Gasteiger partial charge >= 0.3 is 23.9 Å². The predicted molar refractivity (Wildman–Crippen MR) is 156 cm³/mol. The molecular formula is C35H26O9. The monoisotopic (exact) mass is 590 g/mol. The Morgan fingerprint density at radius 1 is 0.614 bits per heavy atom. The van der Waals surface area contributed by atoms with Gasteiger partial charge in [-0.2, -0.15) is 0 Å². The molecule has 0 radical (unpaired) electrons. The number of hydrogen-bond acceptors (Lipinski definition) is 9. The van der Waals surface area contributed by atoms with Crippen LogP contribution >= 0.6 is 0 Å². The maximum absolute atomic E-state index is 13.4. The molecule has 9 nitrogen and oxygen atoms in total. The van der Waals surface area contributed by atoms with Crippen molar-refractivity contribution < 1.29 is 42.9 Å². The van der Waals surface area contributed by atoms with Gasteiger partial charge < -0.3 is 23.7 Å². The van der Waals surface area contributed by atoms with Crippen molar-refractivity contribution in [1.82, 2.24) is 0 Å². The summed E-state index contributed by atoms with van der Waals surface area (Å²) in [5, 5.41) is 0. The molecule has 0 unspecified atom stereocenters. The number of ether oxygens (including phenoxy) is 5. The lowest BCUT2D eigenvalue weighted by Crippen LogP contribution is -2.54. The first-order valence-corrected chi connectivity index (χ1v) is 13.6. The van der Waals surface area contributed by atoms with Crippen molar-refractivity contribution in [2.45, 2.75) is 24.1 Å². The zero-order valence-corrected chi connectivity index (χ0v) is 23.2. The highest BCUT2D eigenvalue weighted by atomic mass is 16.8. The Kier molecular flexibility index (Phi) is 9.13. The van der Waals surface area contributed by atoms with Gasteiger partial charge in [-0.15, -0.1) is 6.42 Å². The Labute approximate surface area is 253 Å². The molecule has 1 fully saturated rings. The number of esters is 4. The van der Waals surface area contributed by atoms with E-state index in [1.165, 1.54) is 36.4 Å². The van der Waals surface area contributed by atoms with Crippen molar-refractivity contribution in [3.63, 3.8) is 0 Å². The highest BCUT2D eigenvalue weighted by molar-refractivity contribution is 5.92. The molecule has 1 aliphatic rings. The average molecular weight is 591 g/mol. The molecular weight excluding hydrogens is 564 g/mol. The van der Waals surface area contributed by atoms with Crippen LogP contribution < -0.4 is 0 Å². The van der Waals surface area contributed by atoms with E-state index in [1.807, 2.05) is 0 Å². The Morgan fingerprint density at radius 2 is 1.02 bits per heavy atom. The van der Waals surface area contributed by atoms with Gasteiger partial charge in [0.15, 0.2) is 6.10 Å². The molecule has 1 aliphatic heterocycles. The molecule has 5 rings (SSSR count). The zero-order valence-electron chi connectivity index (χ0n) is 23.2. The summed E-state index contributed by atoms with van der Waals surface area (Å²) in [5.74, 6) is -0.885. The van der Waals surface area contributed by atoms with E-state index < -0.39 is 54.6 Å². The van der Waals surface area contributed by atoms with Crippen LogP contribution in [0.4, 0.5) is 0 Å². The molecule has 0 saturated carbocycles. The lowest BCUT2D eigenvalue weighted by atomic mass is 9.94. The van der Waals surface area contributed by atoms with E-state index in [2.05, 4.69) is 5.92 Å². The Hall–Kier alpha value is -5.72. The molecule has 0 amide bonds. The van der Waals surface area contributed by atoms with Crippen LogP contribution in [0.25, 0.3) is 0 Å². The number of rotatable bonds is 9. The molecule has 4 aromatic carbocycles. The van der Waals surface area contributed by atoms with Crippen molar-refractivity contribution >= 4 is 23.9 Å². The minimum atomic E-state index is -2.29. The smallest absolute Gasteiger partial charge is 0.340 e. The van der Waals surface area contributed by atoms with Crippen LogP contribution in [0.5, 0.6) is 0 Å². The first-order valence-electron chi connectivity index (χ1n) is 13.6. The fourth-order valence-electron chi connectivity index (χ4n) is 4.53. The van der Waals surface area contributed by atoms with Crippen molar-refractivity contribution in [3.8, 4) is 12.3 Å². The number of carbonyl (C=O) groups is 4. The third-order valence-corrected chi connectivity index (χ3v) is 6.76. The third kappa shape index (κ3) is 6.51. The molecule has 4 aromatic rings. The van der Waals surface area contributed by atoms with Gasteiger partial charge in [0.2, 0.25) is 0 Å². The van der Waals surface area contributed by atoms with Crippen LogP contribution in [-0.2, 0) is 23.7 Å². The second kappa shape index (κ2) is 13.5. The van der Waals surface area contributed by atoms with E-state index in [9.17, 15) is 19.2 Å². The number of terminal acetylenes is 1. The summed E-state index contributed by atoms with van der Waals surface area (Å²) in [7, 11) is 0. The molecule has 4 atom stereocenters. The van der Waals surface area contributed by atoms with Gasteiger partial charge in [-0.1, -0.05) is 72.8 Å². The largest absolute Gasteiger partial charge is 0.459 e. The molecule has 1 heterocycles. The Bertz CT molecular complexity index is 1650. The molecule has 0 aliphatic carbocycles. The minimum absolute atomic E-state index is 0.127. The highest BCUT2D eigenvalue weighted by Crippen LogP contribution is 2.39. The summed E-state index contributed by atoms with van der Waals surface area (Å²) < 4.78 is 28.9.